The quantitative estimate of drug-likeness (QED) is 0.808. The van der Waals surface area contributed by atoms with E-state index in [9.17, 15) is 14.7 Å². The highest BCUT2D eigenvalue weighted by molar-refractivity contribution is 6.37. The maximum Gasteiger partial charge on any atom is 0.233 e. The number of β-amino-alcohol motifs (C(OH)–C–C–N with tert-alkyl or cyclic N) is 1. The van der Waals surface area contributed by atoms with Gasteiger partial charge in [-0.25, -0.2) is 0 Å². The van der Waals surface area contributed by atoms with Crippen molar-refractivity contribution in [3.05, 3.63) is 28.2 Å². The number of fused-ring (bicyclic) bond motifs is 1. The number of aliphatic hydroxyl groups is 1. The molecule has 1 aliphatic heterocycles. The van der Waals surface area contributed by atoms with Gasteiger partial charge in [-0.3, -0.25) is 14.5 Å². The zero-order valence-electron chi connectivity index (χ0n) is 13.1. The molecule has 2 fully saturated rings. The van der Waals surface area contributed by atoms with Crippen LogP contribution in [0.25, 0.3) is 0 Å². The standard InChI is InChI=1S/C17H19Cl2NO4/c18-13-6-3-7-14(19)15(13)24-9-10(21)8-20-16(22)11-4-1-2-5-12(11)17(20)23/h3,6-7,10-12,21H,1-2,4-5,8-9H2/t10-,11-,12+/m0/s1. The van der Waals surface area contributed by atoms with Gasteiger partial charge in [-0.15, -0.1) is 0 Å². The zero-order valence-corrected chi connectivity index (χ0v) is 14.6. The number of carbonyl (C=O) groups is 2. The molecule has 3 rings (SSSR count). The molecule has 1 saturated carbocycles. The van der Waals surface area contributed by atoms with Crippen LogP contribution in [0.4, 0.5) is 0 Å². The lowest BCUT2D eigenvalue weighted by molar-refractivity contribution is -0.141. The summed E-state index contributed by atoms with van der Waals surface area (Å²) in [5, 5.41) is 10.8. The fraction of sp³-hybridized carbons (Fsp3) is 0.529. The fourth-order valence-corrected chi connectivity index (χ4v) is 3.98. The van der Waals surface area contributed by atoms with Crippen LogP contribution in [0.3, 0.4) is 0 Å². The first-order valence-electron chi connectivity index (χ1n) is 8.09. The molecular weight excluding hydrogens is 353 g/mol. The Hall–Kier alpha value is -1.30. The van der Waals surface area contributed by atoms with Gasteiger partial charge in [0.05, 0.1) is 28.4 Å². The van der Waals surface area contributed by atoms with Gasteiger partial charge in [0.2, 0.25) is 11.8 Å². The van der Waals surface area contributed by atoms with E-state index in [2.05, 4.69) is 0 Å². The molecule has 5 nitrogen and oxygen atoms in total. The van der Waals surface area contributed by atoms with E-state index in [0.29, 0.717) is 10.0 Å². The average molecular weight is 372 g/mol. The Balaban J connectivity index is 1.60. The number of hydrogen-bond donors (Lipinski definition) is 1. The molecule has 0 spiro atoms. The molecule has 0 bridgehead atoms. The summed E-state index contributed by atoms with van der Waals surface area (Å²) in [6, 6.07) is 4.96. The number of rotatable bonds is 5. The third kappa shape index (κ3) is 3.39. The molecule has 0 radical (unpaired) electrons. The van der Waals surface area contributed by atoms with Gasteiger partial charge in [0.15, 0.2) is 5.75 Å². The number of para-hydroxylation sites is 1. The highest BCUT2D eigenvalue weighted by atomic mass is 35.5. The topological polar surface area (TPSA) is 66.8 Å². The molecule has 2 amide bonds. The van der Waals surface area contributed by atoms with E-state index in [4.69, 9.17) is 27.9 Å². The van der Waals surface area contributed by atoms with E-state index < -0.39 is 6.10 Å². The van der Waals surface area contributed by atoms with E-state index in [0.717, 1.165) is 25.7 Å². The second-order valence-electron chi connectivity index (χ2n) is 6.30. The van der Waals surface area contributed by atoms with Crippen LogP contribution in [0.2, 0.25) is 10.0 Å². The minimum Gasteiger partial charge on any atom is -0.488 e. The molecule has 0 unspecified atom stereocenters. The number of nitrogens with zero attached hydrogens (tertiary/aromatic N) is 1. The van der Waals surface area contributed by atoms with Gasteiger partial charge in [0, 0.05) is 0 Å². The molecule has 1 N–H and O–H groups in total. The van der Waals surface area contributed by atoms with E-state index in [1.807, 2.05) is 0 Å². The Morgan fingerprint density at radius 1 is 1.12 bits per heavy atom. The largest absolute Gasteiger partial charge is 0.488 e. The molecule has 3 atom stereocenters. The number of likely N-dealkylation sites (tertiary alicyclic amines) is 1. The number of amides is 2. The Morgan fingerprint density at radius 3 is 2.21 bits per heavy atom. The van der Waals surface area contributed by atoms with Crippen LogP contribution in [0.15, 0.2) is 18.2 Å². The van der Waals surface area contributed by atoms with Crippen LogP contribution >= 0.6 is 23.2 Å². The van der Waals surface area contributed by atoms with Crippen molar-refractivity contribution in [2.45, 2.75) is 31.8 Å². The summed E-state index contributed by atoms with van der Waals surface area (Å²) in [6.45, 7) is -0.164. The summed E-state index contributed by atoms with van der Waals surface area (Å²) in [4.78, 5) is 25.9. The highest BCUT2D eigenvalue weighted by Gasteiger charge is 2.48. The Labute approximate surface area is 150 Å². The number of hydrogen-bond acceptors (Lipinski definition) is 4. The normalized spacial score (nSPS) is 24.9. The first-order chi connectivity index (χ1) is 11.5. The van der Waals surface area contributed by atoms with Crippen molar-refractivity contribution in [2.75, 3.05) is 13.2 Å². The highest BCUT2D eigenvalue weighted by Crippen LogP contribution is 2.38. The van der Waals surface area contributed by atoms with Gasteiger partial charge in [0.1, 0.15) is 12.7 Å². The second kappa shape index (κ2) is 7.30. The summed E-state index contributed by atoms with van der Waals surface area (Å²) >= 11 is 12.0. The first-order valence-corrected chi connectivity index (χ1v) is 8.84. The van der Waals surface area contributed by atoms with Gasteiger partial charge < -0.3 is 9.84 Å². The van der Waals surface area contributed by atoms with Gasteiger partial charge in [-0.2, -0.15) is 0 Å². The van der Waals surface area contributed by atoms with Crippen LogP contribution in [0.1, 0.15) is 25.7 Å². The minimum atomic E-state index is -0.995. The monoisotopic (exact) mass is 371 g/mol. The predicted molar refractivity (Wildman–Crippen MR) is 90.1 cm³/mol. The SMILES string of the molecule is O=C1[C@H]2CCCC[C@H]2C(=O)N1C[C@H](O)COc1c(Cl)cccc1Cl. The fourth-order valence-electron chi connectivity index (χ4n) is 3.47. The predicted octanol–water partition coefficient (Wildman–Crippen LogP) is 2.91. The van der Waals surface area contributed by atoms with Crippen LogP contribution in [0.5, 0.6) is 5.75 Å². The van der Waals surface area contributed by atoms with Crippen LogP contribution in [-0.4, -0.2) is 41.1 Å². The van der Waals surface area contributed by atoms with Crippen molar-refractivity contribution in [1.82, 2.24) is 4.90 Å². The number of imide groups is 1. The summed E-state index contributed by atoms with van der Waals surface area (Å²) in [7, 11) is 0. The molecule has 24 heavy (non-hydrogen) atoms. The van der Waals surface area contributed by atoms with Gasteiger partial charge >= 0.3 is 0 Å². The van der Waals surface area contributed by atoms with Crippen molar-refractivity contribution < 1.29 is 19.4 Å². The number of halogens is 2. The number of aliphatic hydroxyl groups excluding tert-OH is 1. The molecule has 1 heterocycles. The Bertz CT molecular complexity index is 607. The molecule has 1 aromatic rings. The lowest BCUT2D eigenvalue weighted by atomic mass is 9.81. The molecule has 2 aliphatic rings. The molecular formula is C17H19Cl2NO4. The van der Waals surface area contributed by atoms with Crippen molar-refractivity contribution in [3.63, 3.8) is 0 Å². The van der Waals surface area contributed by atoms with E-state index in [1.54, 1.807) is 18.2 Å². The lowest BCUT2D eigenvalue weighted by Gasteiger charge is -2.20. The second-order valence-corrected chi connectivity index (χ2v) is 7.11. The number of ether oxygens (including phenoxy) is 1. The summed E-state index contributed by atoms with van der Waals surface area (Å²) in [6.07, 6.45) is 2.47. The summed E-state index contributed by atoms with van der Waals surface area (Å²) < 4.78 is 5.47. The van der Waals surface area contributed by atoms with Crippen LogP contribution in [0, 0.1) is 11.8 Å². The van der Waals surface area contributed by atoms with Gasteiger partial charge in [-0.05, 0) is 25.0 Å². The molecule has 130 valence electrons. The van der Waals surface area contributed by atoms with Crippen molar-refractivity contribution >= 4 is 35.0 Å². The van der Waals surface area contributed by atoms with Gasteiger partial charge in [-0.1, -0.05) is 42.1 Å². The number of benzene rings is 1. The Morgan fingerprint density at radius 2 is 1.67 bits per heavy atom. The van der Waals surface area contributed by atoms with Crippen LogP contribution < -0.4 is 4.74 Å². The lowest BCUT2D eigenvalue weighted by Crippen LogP contribution is -2.40. The zero-order chi connectivity index (χ0) is 17.3. The molecule has 1 aliphatic carbocycles. The summed E-state index contributed by atoms with van der Waals surface area (Å²) in [5.74, 6) is -0.471. The van der Waals surface area contributed by atoms with Crippen LogP contribution in [-0.2, 0) is 9.59 Å². The maximum absolute atomic E-state index is 12.4. The third-order valence-corrected chi connectivity index (χ3v) is 5.26. The van der Waals surface area contributed by atoms with Crippen molar-refractivity contribution in [2.24, 2.45) is 11.8 Å². The smallest absolute Gasteiger partial charge is 0.233 e. The average Bonchev–Trinajstić information content (AvgIpc) is 2.80. The van der Waals surface area contributed by atoms with E-state index >= 15 is 0 Å². The minimum absolute atomic E-state index is 0.0628. The maximum atomic E-state index is 12.4. The molecule has 7 heteroatoms. The third-order valence-electron chi connectivity index (χ3n) is 4.66. The van der Waals surface area contributed by atoms with Gasteiger partial charge in [0.25, 0.3) is 0 Å². The van der Waals surface area contributed by atoms with E-state index in [-0.39, 0.29) is 42.6 Å². The number of carbonyl (C=O) groups excluding carboxylic acids is 2. The first kappa shape index (κ1) is 17.5. The van der Waals surface area contributed by atoms with E-state index in [1.165, 1.54) is 4.90 Å². The molecule has 0 aromatic heterocycles. The Kier molecular flexibility index (Phi) is 5.33. The van der Waals surface area contributed by atoms with Crippen molar-refractivity contribution in [1.29, 1.82) is 0 Å². The van der Waals surface area contributed by atoms with Crippen molar-refractivity contribution in [3.8, 4) is 5.75 Å². The summed E-state index contributed by atoms with van der Waals surface area (Å²) in [5.41, 5.74) is 0. The molecule has 1 aromatic carbocycles. The molecule has 1 saturated heterocycles.